The Morgan fingerprint density at radius 2 is 1.22 bits per heavy atom. The summed E-state index contributed by atoms with van der Waals surface area (Å²) in [6.07, 6.45) is 8.44. The second kappa shape index (κ2) is 13.9. The van der Waals surface area contributed by atoms with E-state index in [9.17, 15) is 4.79 Å². The van der Waals surface area contributed by atoms with Crippen LogP contribution in [-0.2, 0) is 4.79 Å². The molecule has 3 aromatic rings. The Hall–Kier alpha value is -2.48. The van der Waals surface area contributed by atoms with Crippen LogP contribution in [-0.4, -0.2) is 42.1 Å². The van der Waals surface area contributed by atoms with Gasteiger partial charge in [0, 0.05) is 6.04 Å². The SMILES string of the molecule is CC(C)N1CCC(NC(=O)CCCCCC[PH](c2ccccc2)(c2ccccc2)c2ccccc2)CC1. The summed E-state index contributed by atoms with van der Waals surface area (Å²) in [6, 6.07) is 34.5. The fourth-order valence-electron chi connectivity index (χ4n) is 5.99. The zero-order chi connectivity index (χ0) is 25.9. The third-order valence-electron chi connectivity index (χ3n) is 8.13. The summed E-state index contributed by atoms with van der Waals surface area (Å²) in [4.78, 5) is 15.1. The second-order valence-corrected chi connectivity index (χ2v) is 14.9. The molecule has 1 amide bonds. The number of nitrogens with zero attached hydrogens (tertiary/aromatic N) is 1. The van der Waals surface area contributed by atoms with Gasteiger partial charge in [0.05, 0.1) is 0 Å². The van der Waals surface area contributed by atoms with Crippen molar-refractivity contribution in [2.75, 3.05) is 19.3 Å². The summed E-state index contributed by atoms with van der Waals surface area (Å²) >= 11 is 0. The van der Waals surface area contributed by atoms with Gasteiger partial charge in [-0.05, 0) is 13.8 Å². The average Bonchev–Trinajstić information content (AvgIpc) is 2.94. The molecular formula is C33H45N2OP. The van der Waals surface area contributed by atoms with Crippen molar-refractivity contribution in [3.63, 3.8) is 0 Å². The van der Waals surface area contributed by atoms with Gasteiger partial charge in [-0.25, -0.2) is 0 Å². The van der Waals surface area contributed by atoms with Gasteiger partial charge < -0.3 is 0 Å². The van der Waals surface area contributed by atoms with E-state index in [0.29, 0.717) is 18.5 Å². The molecule has 3 aromatic carbocycles. The molecular weight excluding hydrogens is 471 g/mol. The number of piperidine rings is 1. The molecule has 4 rings (SSSR count). The first kappa shape index (κ1) is 27.6. The number of carbonyl (C=O) groups is 1. The maximum absolute atomic E-state index is 12.6. The molecule has 37 heavy (non-hydrogen) atoms. The monoisotopic (exact) mass is 516 g/mol. The third-order valence-corrected chi connectivity index (χ3v) is 13.2. The summed E-state index contributed by atoms with van der Waals surface area (Å²) in [7, 11) is -2.13. The molecule has 0 atom stereocenters. The zero-order valence-electron chi connectivity index (χ0n) is 22.7. The number of benzene rings is 3. The van der Waals surface area contributed by atoms with E-state index in [1.54, 1.807) is 0 Å². The van der Waals surface area contributed by atoms with Gasteiger partial charge in [0.15, 0.2) is 0 Å². The van der Waals surface area contributed by atoms with Crippen LogP contribution in [0.1, 0.15) is 58.8 Å². The van der Waals surface area contributed by atoms with Gasteiger partial charge in [0.1, 0.15) is 0 Å². The number of unbranched alkanes of at least 4 members (excludes halogenated alkanes) is 3. The summed E-state index contributed by atoms with van der Waals surface area (Å²) in [5.74, 6) is 0.240. The van der Waals surface area contributed by atoms with Crippen LogP contribution in [0, 0.1) is 0 Å². The maximum atomic E-state index is 12.6. The molecule has 4 heteroatoms. The van der Waals surface area contributed by atoms with Gasteiger partial charge in [-0.3, -0.25) is 0 Å². The van der Waals surface area contributed by atoms with Crippen molar-refractivity contribution in [3.05, 3.63) is 91.0 Å². The predicted molar refractivity (Wildman–Crippen MR) is 162 cm³/mol. The van der Waals surface area contributed by atoms with E-state index >= 15 is 0 Å². The first-order chi connectivity index (χ1) is 18.1. The molecule has 1 saturated heterocycles. The average molecular weight is 517 g/mol. The Kier molecular flexibility index (Phi) is 10.3. The summed E-state index contributed by atoms with van der Waals surface area (Å²) in [5.41, 5.74) is 0. The third kappa shape index (κ3) is 7.30. The van der Waals surface area contributed by atoms with E-state index in [2.05, 4.69) is 115 Å². The van der Waals surface area contributed by atoms with Gasteiger partial charge >= 0.3 is 205 Å². The zero-order valence-corrected chi connectivity index (χ0v) is 23.7. The van der Waals surface area contributed by atoms with E-state index < -0.39 is 7.26 Å². The van der Waals surface area contributed by atoms with Crippen molar-refractivity contribution < 1.29 is 4.79 Å². The van der Waals surface area contributed by atoms with Crippen molar-refractivity contribution in [3.8, 4) is 0 Å². The molecule has 0 aromatic heterocycles. The molecule has 1 aliphatic rings. The Morgan fingerprint density at radius 1 is 0.757 bits per heavy atom. The normalized spacial score (nSPS) is 15.5. The standard InChI is InChI=1S/C33H45N2OP/c1-28(2)35-25-23-29(24-26-35)34-33(36)22-14-3-4-15-27-37(30-16-8-5-9-17-30,31-18-10-6-11-19-31)32-20-12-7-13-21-32/h5-13,16-21,28-29,37H,3-4,14-15,22-27H2,1-2H3,(H,34,36). The number of hydrogen-bond donors (Lipinski definition) is 1. The molecule has 0 aliphatic carbocycles. The molecule has 0 bridgehead atoms. The Bertz CT molecular complexity index is 967. The number of amides is 1. The van der Waals surface area contributed by atoms with Crippen LogP contribution in [0.15, 0.2) is 91.0 Å². The van der Waals surface area contributed by atoms with Crippen LogP contribution in [0.4, 0.5) is 0 Å². The van der Waals surface area contributed by atoms with Gasteiger partial charge in [0.2, 0.25) is 0 Å². The van der Waals surface area contributed by atoms with Crippen molar-refractivity contribution in [2.24, 2.45) is 0 Å². The number of nitrogens with one attached hydrogen (secondary N) is 1. The van der Waals surface area contributed by atoms with Crippen LogP contribution >= 0.6 is 7.26 Å². The van der Waals surface area contributed by atoms with E-state index in [1.165, 1.54) is 34.9 Å². The Morgan fingerprint density at radius 3 is 1.68 bits per heavy atom. The second-order valence-electron chi connectivity index (χ2n) is 10.9. The van der Waals surface area contributed by atoms with Crippen LogP contribution in [0.3, 0.4) is 0 Å². The van der Waals surface area contributed by atoms with Gasteiger partial charge in [-0.1, -0.05) is 0 Å². The number of hydrogen-bond acceptors (Lipinski definition) is 2. The summed E-state index contributed by atoms with van der Waals surface area (Å²) < 4.78 is 0. The molecule has 1 aliphatic heterocycles. The molecule has 0 saturated carbocycles. The summed E-state index contributed by atoms with van der Waals surface area (Å²) in [5, 5.41) is 7.74. The summed E-state index contributed by atoms with van der Waals surface area (Å²) in [6.45, 7) is 6.70. The molecule has 0 spiro atoms. The Labute approximate surface area is 225 Å². The van der Waals surface area contributed by atoms with Crippen LogP contribution in [0.5, 0.6) is 0 Å². The van der Waals surface area contributed by atoms with Crippen molar-refractivity contribution in [1.82, 2.24) is 10.2 Å². The fraction of sp³-hybridized carbons (Fsp3) is 0.424. The van der Waals surface area contributed by atoms with E-state index in [1.807, 2.05) is 0 Å². The number of carbonyl (C=O) groups excluding carboxylic acids is 1. The number of rotatable bonds is 12. The molecule has 3 nitrogen and oxygen atoms in total. The van der Waals surface area contributed by atoms with Crippen molar-refractivity contribution in [2.45, 2.75) is 70.9 Å². The topological polar surface area (TPSA) is 32.3 Å². The quantitative estimate of drug-likeness (QED) is 0.249. The molecule has 1 N–H and O–H groups in total. The predicted octanol–water partition coefficient (Wildman–Crippen LogP) is 5.65. The van der Waals surface area contributed by atoms with E-state index in [-0.39, 0.29) is 5.91 Å². The van der Waals surface area contributed by atoms with Crippen molar-refractivity contribution >= 4 is 29.1 Å². The molecule has 0 radical (unpaired) electrons. The van der Waals surface area contributed by atoms with Crippen LogP contribution in [0.2, 0.25) is 0 Å². The molecule has 198 valence electrons. The Balaban J connectivity index is 1.33. The molecule has 1 fully saturated rings. The fourth-order valence-corrected chi connectivity index (χ4v) is 10.9. The van der Waals surface area contributed by atoms with Crippen LogP contribution < -0.4 is 21.2 Å². The molecule has 0 unspecified atom stereocenters. The van der Waals surface area contributed by atoms with Crippen LogP contribution in [0.25, 0.3) is 0 Å². The number of likely N-dealkylation sites (tertiary alicyclic amines) is 1. The van der Waals surface area contributed by atoms with Gasteiger partial charge in [-0.15, -0.1) is 0 Å². The van der Waals surface area contributed by atoms with Crippen molar-refractivity contribution in [1.29, 1.82) is 0 Å². The first-order valence-corrected chi connectivity index (χ1v) is 16.5. The van der Waals surface area contributed by atoms with Gasteiger partial charge in [-0.2, -0.15) is 0 Å². The van der Waals surface area contributed by atoms with Gasteiger partial charge in [0.25, 0.3) is 0 Å². The van der Waals surface area contributed by atoms with E-state index in [0.717, 1.165) is 38.8 Å². The minimum atomic E-state index is -2.13. The molecule has 1 heterocycles. The first-order valence-electron chi connectivity index (χ1n) is 14.3. The van der Waals surface area contributed by atoms with E-state index in [4.69, 9.17) is 0 Å². The minimum absolute atomic E-state index is 0.240.